The fourth-order valence-electron chi connectivity index (χ4n) is 4.24. The van der Waals surface area contributed by atoms with Crippen LogP contribution in [0.2, 0.25) is 0 Å². The Kier molecular flexibility index (Phi) is 4.35. The number of piperazine rings is 1. The Morgan fingerprint density at radius 3 is 2.44 bits per heavy atom. The van der Waals surface area contributed by atoms with Gasteiger partial charge in [0.25, 0.3) is 0 Å². The molecule has 0 radical (unpaired) electrons. The van der Waals surface area contributed by atoms with Crippen molar-refractivity contribution < 1.29 is 5.11 Å². The summed E-state index contributed by atoms with van der Waals surface area (Å²) < 4.78 is 0. The predicted molar refractivity (Wildman–Crippen MR) is 75.7 cm³/mol. The minimum absolute atomic E-state index is 0.0403. The second kappa shape index (κ2) is 5.48. The van der Waals surface area contributed by atoms with Crippen molar-refractivity contribution in [1.29, 1.82) is 0 Å². The molecule has 2 N–H and O–H groups in total. The molecule has 3 heteroatoms. The van der Waals surface area contributed by atoms with Gasteiger partial charge in [0.1, 0.15) is 0 Å². The van der Waals surface area contributed by atoms with Crippen LogP contribution in [-0.2, 0) is 0 Å². The zero-order valence-corrected chi connectivity index (χ0v) is 12.3. The standard InChI is InChI=1S/C15H30N2O/c1-14(2,3)13-6-4-5-7-15(13,12-18)17-10-8-16-9-11-17/h13,16,18H,4-12H2,1-3H3. The number of nitrogens with one attached hydrogen (secondary N) is 1. The lowest BCUT2D eigenvalue weighted by molar-refractivity contribution is -0.0825. The topological polar surface area (TPSA) is 35.5 Å². The number of aliphatic hydroxyl groups is 1. The van der Waals surface area contributed by atoms with Gasteiger partial charge in [0.2, 0.25) is 0 Å². The van der Waals surface area contributed by atoms with E-state index in [4.69, 9.17) is 0 Å². The molecule has 1 saturated heterocycles. The molecular formula is C15H30N2O. The van der Waals surface area contributed by atoms with E-state index in [1.807, 2.05) is 0 Å². The lowest BCUT2D eigenvalue weighted by atomic mass is 9.61. The molecule has 18 heavy (non-hydrogen) atoms. The molecule has 0 bridgehead atoms. The molecule has 2 fully saturated rings. The summed E-state index contributed by atoms with van der Waals surface area (Å²) in [5.41, 5.74) is 0.326. The highest BCUT2D eigenvalue weighted by atomic mass is 16.3. The maximum absolute atomic E-state index is 10.2. The predicted octanol–water partition coefficient (Wildman–Crippen LogP) is 1.86. The molecule has 1 saturated carbocycles. The Morgan fingerprint density at radius 2 is 1.89 bits per heavy atom. The van der Waals surface area contributed by atoms with Crippen LogP contribution in [-0.4, -0.2) is 48.3 Å². The smallest absolute Gasteiger partial charge is 0.0618 e. The van der Waals surface area contributed by atoms with Gasteiger partial charge in [0, 0.05) is 31.7 Å². The van der Waals surface area contributed by atoms with Crippen LogP contribution in [0.1, 0.15) is 46.5 Å². The quantitative estimate of drug-likeness (QED) is 0.789. The normalized spacial score (nSPS) is 35.7. The number of hydrogen-bond acceptors (Lipinski definition) is 3. The van der Waals surface area contributed by atoms with Crippen molar-refractivity contribution in [3.63, 3.8) is 0 Å². The highest BCUT2D eigenvalue weighted by Crippen LogP contribution is 2.47. The van der Waals surface area contributed by atoms with E-state index in [9.17, 15) is 5.11 Å². The largest absolute Gasteiger partial charge is 0.394 e. The van der Waals surface area contributed by atoms with Gasteiger partial charge in [-0.2, -0.15) is 0 Å². The molecule has 0 amide bonds. The second-order valence-electron chi connectivity index (χ2n) is 7.16. The number of rotatable bonds is 2. The van der Waals surface area contributed by atoms with Crippen molar-refractivity contribution in [1.82, 2.24) is 10.2 Å². The van der Waals surface area contributed by atoms with Crippen LogP contribution in [0.4, 0.5) is 0 Å². The number of aliphatic hydroxyl groups excluding tert-OH is 1. The average Bonchev–Trinajstić information content (AvgIpc) is 2.38. The highest BCUT2D eigenvalue weighted by molar-refractivity contribution is 5.03. The minimum Gasteiger partial charge on any atom is -0.394 e. The van der Waals surface area contributed by atoms with Crippen molar-refractivity contribution in [3.05, 3.63) is 0 Å². The molecule has 2 atom stereocenters. The molecule has 1 heterocycles. The van der Waals surface area contributed by atoms with E-state index in [2.05, 4.69) is 31.0 Å². The van der Waals surface area contributed by atoms with Crippen LogP contribution in [0.15, 0.2) is 0 Å². The summed E-state index contributed by atoms with van der Waals surface area (Å²) in [6, 6.07) is 0. The zero-order valence-electron chi connectivity index (χ0n) is 12.3. The van der Waals surface area contributed by atoms with Crippen LogP contribution >= 0.6 is 0 Å². The van der Waals surface area contributed by atoms with Crippen LogP contribution < -0.4 is 5.32 Å². The van der Waals surface area contributed by atoms with Crippen LogP contribution in [0.5, 0.6) is 0 Å². The van der Waals surface area contributed by atoms with Crippen LogP contribution in [0.3, 0.4) is 0 Å². The molecule has 0 aromatic heterocycles. The molecule has 0 spiro atoms. The van der Waals surface area contributed by atoms with Crippen LogP contribution in [0, 0.1) is 11.3 Å². The van der Waals surface area contributed by atoms with E-state index >= 15 is 0 Å². The van der Waals surface area contributed by atoms with E-state index in [-0.39, 0.29) is 11.0 Å². The van der Waals surface area contributed by atoms with Crippen LogP contribution in [0.25, 0.3) is 0 Å². The molecule has 2 unspecified atom stereocenters. The first kappa shape index (κ1) is 14.3. The summed E-state index contributed by atoms with van der Waals surface area (Å²) in [7, 11) is 0. The summed E-state index contributed by atoms with van der Waals surface area (Å²) in [4.78, 5) is 2.58. The molecule has 2 aliphatic rings. The van der Waals surface area contributed by atoms with Gasteiger partial charge in [-0.1, -0.05) is 33.6 Å². The monoisotopic (exact) mass is 254 g/mol. The fourth-order valence-corrected chi connectivity index (χ4v) is 4.24. The third-order valence-electron chi connectivity index (χ3n) is 5.07. The lowest BCUT2D eigenvalue weighted by Gasteiger charge is -2.56. The zero-order chi connectivity index (χ0) is 13.2. The summed E-state index contributed by atoms with van der Waals surface area (Å²) in [5.74, 6) is 0.613. The molecular weight excluding hydrogens is 224 g/mol. The number of nitrogens with zero attached hydrogens (tertiary/aromatic N) is 1. The molecule has 1 aliphatic carbocycles. The fraction of sp³-hybridized carbons (Fsp3) is 1.00. The summed E-state index contributed by atoms with van der Waals surface area (Å²) in [6.07, 6.45) is 5.05. The Labute approximate surface area is 112 Å². The van der Waals surface area contributed by atoms with Gasteiger partial charge in [-0.15, -0.1) is 0 Å². The molecule has 3 nitrogen and oxygen atoms in total. The lowest BCUT2D eigenvalue weighted by Crippen LogP contribution is -2.64. The van der Waals surface area contributed by atoms with Crippen molar-refractivity contribution in [3.8, 4) is 0 Å². The third-order valence-corrected chi connectivity index (χ3v) is 5.07. The Balaban J connectivity index is 2.25. The average molecular weight is 254 g/mol. The van der Waals surface area contributed by atoms with E-state index in [1.165, 1.54) is 25.7 Å². The molecule has 0 aromatic rings. The summed E-state index contributed by atoms with van der Waals surface area (Å²) in [5, 5.41) is 13.6. The minimum atomic E-state index is 0.0403. The SMILES string of the molecule is CC(C)(C)C1CCCCC1(CO)N1CCNCC1. The maximum atomic E-state index is 10.2. The first-order chi connectivity index (χ1) is 8.50. The van der Waals surface area contributed by atoms with E-state index in [0.29, 0.717) is 12.5 Å². The van der Waals surface area contributed by atoms with Gasteiger partial charge < -0.3 is 10.4 Å². The maximum Gasteiger partial charge on any atom is 0.0618 e. The third kappa shape index (κ3) is 2.59. The Morgan fingerprint density at radius 1 is 1.22 bits per heavy atom. The Bertz CT molecular complexity index is 268. The van der Waals surface area contributed by atoms with E-state index in [0.717, 1.165) is 26.2 Å². The van der Waals surface area contributed by atoms with Gasteiger partial charge in [0.05, 0.1) is 6.61 Å². The second-order valence-corrected chi connectivity index (χ2v) is 7.16. The van der Waals surface area contributed by atoms with Gasteiger partial charge in [0.15, 0.2) is 0 Å². The summed E-state index contributed by atoms with van der Waals surface area (Å²) in [6.45, 7) is 11.7. The van der Waals surface area contributed by atoms with Crippen molar-refractivity contribution >= 4 is 0 Å². The van der Waals surface area contributed by atoms with Gasteiger partial charge in [-0.05, 0) is 24.2 Å². The molecule has 0 aromatic carbocycles. The van der Waals surface area contributed by atoms with Crippen molar-refractivity contribution in [2.45, 2.75) is 52.0 Å². The molecule has 106 valence electrons. The van der Waals surface area contributed by atoms with Gasteiger partial charge in [-0.25, -0.2) is 0 Å². The summed E-state index contributed by atoms with van der Waals surface area (Å²) >= 11 is 0. The van der Waals surface area contributed by atoms with Gasteiger partial charge in [-0.3, -0.25) is 4.90 Å². The molecule has 1 aliphatic heterocycles. The van der Waals surface area contributed by atoms with Crippen molar-refractivity contribution in [2.24, 2.45) is 11.3 Å². The van der Waals surface area contributed by atoms with Crippen molar-refractivity contribution in [2.75, 3.05) is 32.8 Å². The number of hydrogen-bond donors (Lipinski definition) is 2. The first-order valence-electron chi connectivity index (χ1n) is 7.57. The Hall–Kier alpha value is -0.120. The first-order valence-corrected chi connectivity index (χ1v) is 7.57. The van der Waals surface area contributed by atoms with Gasteiger partial charge >= 0.3 is 0 Å². The highest BCUT2D eigenvalue weighted by Gasteiger charge is 2.49. The van der Waals surface area contributed by atoms with E-state index in [1.54, 1.807) is 0 Å². The van der Waals surface area contributed by atoms with E-state index < -0.39 is 0 Å². The molecule has 2 rings (SSSR count).